The smallest absolute Gasteiger partial charge is 0.288 e. The average Bonchev–Trinajstić information content (AvgIpc) is 3.63. The van der Waals surface area contributed by atoms with E-state index in [9.17, 15) is 9.90 Å². The van der Waals surface area contributed by atoms with Crippen LogP contribution in [0.1, 0.15) is 36.8 Å². The number of fused-ring (bicyclic) bond motifs is 2. The van der Waals surface area contributed by atoms with Gasteiger partial charge in [0.15, 0.2) is 17.3 Å². The van der Waals surface area contributed by atoms with Crippen LogP contribution in [0.25, 0.3) is 11.0 Å². The van der Waals surface area contributed by atoms with Crippen molar-refractivity contribution in [1.82, 2.24) is 9.80 Å². The van der Waals surface area contributed by atoms with Gasteiger partial charge in [0.2, 0.25) is 13.1 Å². The van der Waals surface area contributed by atoms with Crippen molar-refractivity contribution in [2.24, 2.45) is 5.92 Å². The molecule has 6 rings (SSSR count). The Morgan fingerprint density at radius 1 is 1.07 bits per heavy atom. The van der Waals surface area contributed by atoms with Crippen LogP contribution in [-0.2, 0) is 20.8 Å². The molecule has 3 aliphatic heterocycles. The number of rotatable bonds is 9. The van der Waals surface area contributed by atoms with Crippen molar-refractivity contribution >= 4 is 16.9 Å². The molecule has 9 nitrogen and oxygen atoms in total. The summed E-state index contributed by atoms with van der Waals surface area (Å²) in [6.07, 6.45) is 4.44. The van der Waals surface area contributed by atoms with E-state index in [1.807, 2.05) is 54.3 Å². The van der Waals surface area contributed by atoms with E-state index in [1.54, 1.807) is 6.26 Å². The van der Waals surface area contributed by atoms with Gasteiger partial charge in [0, 0.05) is 68.7 Å². The van der Waals surface area contributed by atoms with Gasteiger partial charge in [0.25, 0.3) is 5.91 Å². The number of piperazine rings is 1. The Balaban J connectivity index is 1.19. The highest BCUT2D eigenvalue weighted by Crippen LogP contribution is 2.42. The monoisotopic (exact) mass is 548 g/mol. The Hall–Kier alpha value is -3.53. The molecule has 0 saturated carbocycles. The highest BCUT2D eigenvalue weighted by molar-refractivity contribution is 5.92. The van der Waals surface area contributed by atoms with Crippen molar-refractivity contribution in [1.29, 1.82) is 0 Å². The van der Waals surface area contributed by atoms with Gasteiger partial charge in [-0.1, -0.05) is 24.3 Å². The van der Waals surface area contributed by atoms with Crippen LogP contribution in [0, 0.1) is 5.92 Å². The van der Waals surface area contributed by atoms with Crippen molar-refractivity contribution < 1.29 is 33.3 Å². The minimum Gasteiger partial charge on any atom is -0.464 e. The first-order chi connectivity index (χ1) is 19.6. The van der Waals surface area contributed by atoms with Crippen LogP contribution < -0.4 is 9.47 Å². The third-order valence-corrected chi connectivity index (χ3v) is 7.99. The number of para-hydroxylation sites is 1. The predicted molar refractivity (Wildman–Crippen MR) is 148 cm³/mol. The normalized spacial score (nSPS) is 22.8. The van der Waals surface area contributed by atoms with E-state index in [4.69, 9.17) is 23.4 Å². The lowest BCUT2D eigenvalue weighted by Crippen LogP contribution is -2.49. The zero-order chi connectivity index (χ0) is 27.5. The molecule has 1 amide bonds. The molecule has 1 aromatic heterocycles. The molecule has 3 aromatic rings. The molecular weight excluding hydrogens is 512 g/mol. The summed E-state index contributed by atoms with van der Waals surface area (Å²) < 4.78 is 29.1. The van der Waals surface area contributed by atoms with Gasteiger partial charge < -0.3 is 33.4 Å². The van der Waals surface area contributed by atoms with E-state index in [2.05, 4.69) is 11.0 Å². The summed E-state index contributed by atoms with van der Waals surface area (Å²) in [4.78, 5) is 18.0. The summed E-state index contributed by atoms with van der Waals surface area (Å²) in [5.41, 5.74) is 2.97. The van der Waals surface area contributed by atoms with Gasteiger partial charge in [0.1, 0.15) is 5.58 Å². The predicted octanol–water partition coefficient (Wildman–Crippen LogP) is 4.25. The van der Waals surface area contributed by atoms with E-state index in [1.165, 1.54) is 0 Å². The van der Waals surface area contributed by atoms with E-state index in [0.29, 0.717) is 38.3 Å². The summed E-state index contributed by atoms with van der Waals surface area (Å²) in [7, 11) is 0. The molecule has 4 heterocycles. The lowest BCUT2D eigenvalue weighted by Gasteiger charge is -2.39. The minimum absolute atomic E-state index is 0.0665. The number of furan rings is 1. The first kappa shape index (κ1) is 26.7. The SMILES string of the molecule is CCOC1OC(C(=O)N2CCN(Cc3ccc4c(c3)OCO4)CC2)=CC(c2coc3ccccc23)C1CCCO. The second kappa shape index (κ2) is 11.9. The topological polar surface area (TPSA) is 93.8 Å². The van der Waals surface area contributed by atoms with Crippen molar-refractivity contribution in [3.63, 3.8) is 0 Å². The number of amides is 1. The lowest BCUT2D eigenvalue weighted by atomic mass is 9.80. The number of aliphatic hydroxyl groups excluding tert-OH is 1. The Kier molecular flexibility index (Phi) is 7.95. The second-order valence-corrected chi connectivity index (χ2v) is 10.5. The molecule has 3 atom stereocenters. The van der Waals surface area contributed by atoms with E-state index >= 15 is 0 Å². The van der Waals surface area contributed by atoms with Gasteiger partial charge in [-0.05, 0) is 49.6 Å². The molecule has 0 spiro atoms. The molecule has 1 saturated heterocycles. The number of ether oxygens (including phenoxy) is 4. The van der Waals surface area contributed by atoms with Gasteiger partial charge >= 0.3 is 0 Å². The van der Waals surface area contributed by atoms with Crippen LogP contribution >= 0.6 is 0 Å². The van der Waals surface area contributed by atoms with Gasteiger partial charge in [-0.3, -0.25) is 9.69 Å². The van der Waals surface area contributed by atoms with Crippen LogP contribution in [0.4, 0.5) is 0 Å². The largest absolute Gasteiger partial charge is 0.464 e. The van der Waals surface area contributed by atoms with Crippen LogP contribution in [0.5, 0.6) is 11.5 Å². The third kappa shape index (κ3) is 5.41. The van der Waals surface area contributed by atoms with E-state index in [0.717, 1.165) is 53.2 Å². The number of nitrogens with zero attached hydrogens (tertiary/aromatic N) is 2. The lowest BCUT2D eigenvalue weighted by molar-refractivity contribution is -0.171. The van der Waals surface area contributed by atoms with Crippen molar-refractivity contribution in [3.05, 3.63) is 71.7 Å². The maximum atomic E-state index is 13.8. The first-order valence-electron chi connectivity index (χ1n) is 14.1. The quantitative estimate of drug-likeness (QED) is 0.424. The van der Waals surface area contributed by atoms with E-state index < -0.39 is 6.29 Å². The Morgan fingerprint density at radius 2 is 1.90 bits per heavy atom. The molecule has 0 aliphatic carbocycles. The fourth-order valence-electron chi connectivity index (χ4n) is 5.93. The van der Waals surface area contributed by atoms with Gasteiger partial charge in [-0.2, -0.15) is 0 Å². The molecule has 2 aromatic carbocycles. The summed E-state index contributed by atoms with van der Waals surface area (Å²) >= 11 is 0. The second-order valence-electron chi connectivity index (χ2n) is 10.5. The standard InChI is InChI=1S/C31H36N2O7/c1-2-36-31-23(7-5-15-34)24(25-19-37-26-8-4-3-6-22(25)26)17-29(40-31)30(35)33-13-11-32(12-14-33)18-21-9-10-27-28(16-21)39-20-38-27/h3-4,6,8-10,16-17,19,23-24,31,34H,2,5,7,11-15,18,20H2,1H3. The highest BCUT2D eigenvalue weighted by Gasteiger charge is 2.40. The van der Waals surface area contributed by atoms with Crippen LogP contribution in [0.2, 0.25) is 0 Å². The molecule has 3 unspecified atom stereocenters. The number of benzene rings is 2. The zero-order valence-electron chi connectivity index (χ0n) is 22.8. The molecule has 0 radical (unpaired) electrons. The van der Waals surface area contributed by atoms with Gasteiger partial charge in [0.05, 0.1) is 6.26 Å². The number of carbonyl (C=O) groups is 1. The molecular formula is C31H36N2O7. The van der Waals surface area contributed by atoms with Gasteiger partial charge in [-0.25, -0.2) is 0 Å². The Bertz CT molecular complexity index is 1360. The van der Waals surface area contributed by atoms with Crippen LogP contribution in [-0.4, -0.2) is 73.3 Å². The minimum atomic E-state index is -0.591. The molecule has 212 valence electrons. The molecule has 1 N–H and O–H groups in total. The van der Waals surface area contributed by atoms with Crippen molar-refractivity contribution in [2.75, 3.05) is 46.2 Å². The Morgan fingerprint density at radius 3 is 2.73 bits per heavy atom. The molecule has 9 heteroatoms. The number of carbonyl (C=O) groups excluding carboxylic acids is 1. The summed E-state index contributed by atoms with van der Waals surface area (Å²) in [6, 6.07) is 14.0. The summed E-state index contributed by atoms with van der Waals surface area (Å²) in [5, 5.41) is 10.6. The number of allylic oxidation sites excluding steroid dienone is 1. The maximum absolute atomic E-state index is 13.8. The highest BCUT2D eigenvalue weighted by atomic mass is 16.7. The fraction of sp³-hybridized carbons (Fsp3) is 0.452. The molecule has 40 heavy (non-hydrogen) atoms. The average molecular weight is 549 g/mol. The fourth-order valence-corrected chi connectivity index (χ4v) is 5.93. The Labute approximate surface area is 233 Å². The number of hydrogen-bond donors (Lipinski definition) is 1. The van der Waals surface area contributed by atoms with Crippen molar-refractivity contribution in [2.45, 2.75) is 38.5 Å². The first-order valence-corrected chi connectivity index (χ1v) is 14.1. The molecule has 1 fully saturated rings. The third-order valence-electron chi connectivity index (χ3n) is 7.99. The number of hydrogen-bond acceptors (Lipinski definition) is 8. The summed E-state index contributed by atoms with van der Waals surface area (Å²) in [5.74, 6) is 1.55. The zero-order valence-corrected chi connectivity index (χ0v) is 22.8. The molecule has 0 bridgehead atoms. The van der Waals surface area contributed by atoms with E-state index in [-0.39, 0.29) is 31.1 Å². The summed E-state index contributed by atoms with van der Waals surface area (Å²) in [6.45, 7) is 6.25. The van der Waals surface area contributed by atoms with Gasteiger partial charge in [-0.15, -0.1) is 0 Å². The maximum Gasteiger partial charge on any atom is 0.288 e. The van der Waals surface area contributed by atoms with Crippen molar-refractivity contribution in [3.8, 4) is 11.5 Å². The van der Waals surface area contributed by atoms with Crippen LogP contribution in [0.3, 0.4) is 0 Å². The molecule has 3 aliphatic rings. The number of aliphatic hydroxyl groups is 1. The van der Waals surface area contributed by atoms with Crippen LogP contribution in [0.15, 0.2) is 65.0 Å².